The van der Waals surface area contributed by atoms with Crippen LogP contribution < -0.4 is 10.1 Å². The Bertz CT molecular complexity index is 1470. The van der Waals surface area contributed by atoms with Gasteiger partial charge >= 0.3 is 0 Å². The predicted molar refractivity (Wildman–Crippen MR) is 134 cm³/mol. The molecule has 0 aliphatic rings. The number of pyridine rings is 1. The maximum absolute atomic E-state index is 13.3. The molecule has 1 amide bonds. The van der Waals surface area contributed by atoms with E-state index in [0.717, 1.165) is 23.1 Å². The third-order valence-corrected chi connectivity index (χ3v) is 6.57. The zero-order valence-corrected chi connectivity index (χ0v) is 19.9. The summed E-state index contributed by atoms with van der Waals surface area (Å²) in [4.78, 5) is 17.8. The molecule has 4 aromatic rings. The fourth-order valence-corrected chi connectivity index (χ4v) is 4.31. The number of nitrogens with one attached hydrogen (secondary N) is 1. The fourth-order valence-electron chi connectivity index (χ4n) is 3.67. The van der Waals surface area contributed by atoms with Gasteiger partial charge in [0.15, 0.2) is 9.84 Å². The highest BCUT2D eigenvalue weighted by molar-refractivity contribution is 7.90. The van der Waals surface area contributed by atoms with Crippen LogP contribution in [0.15, 0.2) is 90.0 Å². The number of hydrogen-bond donors (Lipinski definition) is 1. The van der Waals surface area contributed by atoms with Crippen molar-refractivity contribution >= 4 is 21.4 Å². The van der Waals surface area contributed by atoms with Crippen molar-refractivity contribution in [3.8, 4) is 28.1 Å². The average molecular weight is 473 g/mol. The number of ether oxygens (including phenoxy) is 1. The molecule has 0 aliphatic heterocycles. The van der Waals surface area contributed by atoms with E-state index in [1.807, 2.05) is 55.5 Å². The minimum atomic E-state index is -3.46. The van der Waals surface area contributed by atoms with Gasteiger partial charge in [-0.1, -0.05) is 30.3 Å². The van der Waals surface area contributed by atoms with E-state index in [1.54, 1.807) is 25.4 Å². The van der Waals surface area contributed by atoms with E-state index in [9.17, 15) is 13.2 Å². The van der Waals surface area contributed by atoms with Crippen molar-refractivity contribution in [1.29, 1.82) is 0 Å². The zero-order valence-electron chi connectivity index (χ0n) is 19.1. The number of rotatable bonds is 6. The summed E-state index contributed by atoms with van der Waals surface area (Å²) in [5.41, 5.74) is 4.73. The molecule has 1 N–H and O–H groups in total. The molecule has 1 heterocycles. The topological polar surface area (TPSA) is 85.4 Å². The van der Waals surface area contributed by atoms with E-state index in [0.29, 0.717) is 28.1 Å². The van der Waals surface area contributed by atoms with Gasteiger partial charge in [-0.25, -0.2) is 8.42 Å². The maximum atomic E-state index is 13.3. The number of sulfone groups is 1. The third kappa shape index (κ3) is 5.00. The van der Waals surface area contributed by atoms with Crippen molar-refractivity contribution in [3.63, 3.8) is 0 Å². The Morgan fingerprint density at radius 3 is 2.44 bits per heavy atom. The van der Waals surface area contributed by atoms with Crippen molar-refractivity contribution in [2.75, 3.05) is 18.7 Å². The SMILES string of the molecule is COc1cc(-c2cc(S(C)(=O)=O)ccc2C(=O)Nc2cccc(-c3ccccn3)c2)ccc1C. The van der Waals surface area contributed by atoms with E-state index in [1.165, 1.54) is 18.2 Å². The molecule has 1 aromatic heterocycles. The van der Waals surface area contributed by atoms with Gasteiger partial charge in [-0.2, -0.15) is 0 Å². The number of aryl methyl sites for hydroxylation is 1. The number of benzene rings is 3. The largest absolute Gasteiger partial charge is 0.496 e. The van der Waals surface area contributed by atoms with Crippen LogP contribution in [0.25, 0.3) is 22.4 Å². The summed E-state index contributed by atoms with van der Waals surface area (Å²) < 4.78 is 29.8. The van der Waals surface area contributed by atoms with Crippen molar-refractivity contribution in [3.05, 3.63) is 96.2 Å². The Labute approximate surface area is 199 Å². The number of hydrogen-bond acceptors (Lipinski definition) is 5. The Kier molecular flexibility index (Phi) is 6.47. The van der Waals surface area contributed by atoms with Crippen LogP contribution in [0, 0.1) is 6.92 Å². The summed E-state index contributed by atoms with van der Waals surface area (Å²) in [5, 5.41) is 2.93. The highest BCUT2D eigenvalue weighted by Gasteiger charge is 2.18. The summed E-state index contributed by atoms with van der Waals surface area (Å²) >= 11 is 0. The number of carbonyl (C=O) groups excluding carboxylic acids is 1. The van der Waals surface area contributed by atoms with Crippen LogP contribution in [0.2, 0.25) is 0 Å². The van der Waals surface area contributed by atoms with Crippen LogP contribution in [0.3, 0.4) is 0 Å². The second kappa shape index (κ2) is 9.49. The zero-order chi connectivity index (χ0) is 24.3. The standard InChI is InChI=1S/C27H24N2O4S/c1-18-10-11-19(16-26(18)33-2)24-17-22(34(3,31)32)12-13-23(24)27(30)29-21-8-6-7-20(15-21)25-9-4-5-14-28-25/h4-17H,1-3H3,(H,29,30). The van der Waals surface area contributed by atoms with Crippen LogP contribution in [0.4, 0.5) is 5.69 Å². The first-order chi connectivity index (χ1) is 16.3. The molecule has 0 saturated carbocycles. The molecule has 6 nitrogen and oxygen atoms in total. The second-order valence-corrected chi connectivity index (χ2v) is 9.93. The van der Waals surface area contributed by atoms with E-state index in [-0.39, 0.29) is 10.8 Å². The number of nitrogens with zero attached hydrogens (tertiary/aromatic N) is 1. The van der Waals surface area contributed by atoms with Gasteiger partial charge in [-0.15, -0.1) is 0 Å². The number of methoxy groups -OCH3 is 1. The lowest BCUT2D eigenvalue weighted by Gasteiger charge is -2.14. The summed E-state index contributed by atoms with van der Waals surface area (Å²) in [6, 6.07) is 23.1. The lowest BCUT2D eigenvalue weighted by Crippen LogP contribution is -2.14. The number of anilines is 1. The lowest BCUT2D eigenvalue weighted by atomic mass is 9.97. The van der Waals surface area contributed by atoms with Crippen molar-refractivity contribution in [2.45, 2.75) is 11.8 Å². The minimum absolute atomic E-state index is 0.135. The second-order valence-electron chi connectivity index (χ2n) is 7.91. The molecular formula is C27H24N2O4S. The van der Waals surface area contributed by atoms with E-state index in [2.05, 4.69) is 10.3 Å². The summed E-state index contributed by atoms with van der Waals surface area (Å²) in [6.07, 6.45) is 2.86. The minimum Gasteiger partial charge on any atom is -0.496 e. The van der Waals surface area contributed by atoms with Gasteiger partial charge in [-0.3, -0.25) is 9.78 Å². The van der Waals surface area contributed by atoms with E-state index >= 15 is 0 Å². The van der Waals surface area contributed by atoms with Gasteiger partial charge in [0, 0.05) is 29.3 Å². The molecule has 0 saturated heterocycles. The van der Waals surface area contributed by atoms with Crippen LogP contribution in [0.1, 0.15) is 15.9 Å². The van der Waals surface area contributed by atoms with E-state index < -0.39 is 9.84 Å². The molecule has 0 unspecified atom stereocenters. The number of amides is 1. The fraction of sp³-hybridized carbons (Fsp3) is 0.111. The molecule has 34 heavy (non-hydrogen) atoms. The first kappa shape index (κ1) is 23.2. The van der Waals surface area contributed by atoms with Crippen LogP contribution in [-0.4, -0.2) is 32.7 Å². The van der Waals surface area contributed by atoms with Gasteiger partial charge in [-0.05, 0) is 72.1 Å². The monoisotopic (exact) mass is 472 g/mol. The maximum Gasteiger partial charge on any atom is 0.256 e. The Morgan fingerprint density at radius 1 is 0.912 bits per heavy atom. The number of carbonyl (C=O) groups is 1. The van der Waals surface area contributed by atoms with E-state index in [4.69, 9.17) is 4.74 Å². The molecule has 0 bridgehead atoms. The molecule has 0 aliphatic carbocycles. The summed E-state index contributed by atoms with van der Waals surface area (Å²) in [7, 11) is -1.89. The van der Waals surface area contributed by atoms with Gasteiger partial charge in [0.05, 0.1) is 17.7 Å². The highest BCUT2D eigenvalue weighted by atomic mass is 32.2. The van der Waals surface area contributed by atoms with Crippen LogP contribution in [-0.2, 0) is 9.84 Å². The molecule has 0 fully saturated rings. The summed E-state index contributed by atoms with van der Waals surface area (Å²) in [5.74, 6) is 0.296. The number of aromatic nitrogens is 1. The first-order valence-electron chi connectivity index (χ1n) is 10.6. The Balaban J connectivity index is 1.75. The van der Waals surface area contributed by atoms with Crippen LogP contribution in [0.5, 0.6) is 5.75 Å². The third-order valence-electron chi connectivity index (χ3n) is 5.46. The van der Waals surface area contributed by atoms with Crippen molar-refractivity contribution in [1.82, 2.24) is 4.98 Å². The smallest absolute Gasteiger partial charge is 0.256 e. The normalized spacial score (nSPS) is 11.1. The molecule has 0 radical (unpaired) electrons. The highest BCUT2D eigenvalue weighted by Crippen LogP contribution is 2.32. The van der Waals surface area contributed by atoms with Crippen molar-refractivity contribution in [2.24, 2.45) is 0 Å². The van der Waals surface area contributed by atoms with Crippen LogP contribution >= 0.6 is 0 Å². The van der Waals surface area contributed by atoms with Gasteiger partial charge in [0.1, 0.15) is 5.75 Å². The Morgan fingerprint density at radius 2 is 1.74 bits per heavy atom. The molecule has 4 rings (SSSR count). The van der Waals surface area contributed by atoms with Gasteiger partial charge < -0.3 is 10.1 Å². The average Bonchev–Trinajstić information content (AvgIpc) is 2.84. The lowest BCUT2D eigenvalue weighted by molar-refractivity contribution is 0.102. The summed E-state index contributed by atoms with van der Waals surface area (Å²) in [6.45, 7) is 1.91. The molecule has 172 valence electrons. The first-order valence-corrected chi connectivity index (χ1v) is 12.5. The molecule has 0 spiro atoms. The molecule has 0 atom stereocenters. The Hall–Kier alpha value is -3.97. The van der Waals surface area contributed by atoms with Gasteiger partial charge in [0.2, 0.25) is 0 Å². The van der Waals surface area contributed by atoms with Gasteiger partial charge in [0.25, 0.3) is 5.91 Å². The van der Waals surface area contributed by atoms with Crippen molar-refractivity contribution < 1.29 is 17.9 Å². The quantitative estimate of drug-likeness (QED) is 0.407. The molecule has 3 aromatic carbocycles. The predicted octanol–water partition coefficient (Wildman–Crippen LogP) is 5.39. The molecular weight excluding hydrogens is 448 g/mol. The molecule has 7 heteroatoms.